The van der Waals surface area contributed by atoms with Gasteiger partial charge in [0, 0.05) is 54.4 Å². The van der Waals surface area contributed by atoms with E-state index < -0.39 is 0 Å². The van der Waals surface area contributed by atoms with E-state index >= 15 is 0 Å². The Morgan fingerprint density at radius 1 is 1.07 bits per heavy atom. The van der Waals surface area contributed by atoms with Crippen LogP contribution in [0, 0.1) is 5.82 Å². The van der Waals surface area contributed by atoms with Crippen molar-refractivity contribution in [3.8, 4) is 11.1 Å². The highest BCUT2D eigenvalue weighted by Crippen LogP contribution is 2.39. The molecule has 2 aliphatic rings. The van der Waals surface area contributed by atoms with Gasteiger partial charge < -0.3 is 14.8 Å². The molecule has 0 atom stereocenters. The standard InChI is InChI=1S/C22H21ClFN3O/c23-15-3-1-14(2-4-15)18-13-27(16-5-6-16)20-12-21(26-9-7-25-8-10-26)19(24)11-17(20)22(18)28/h1-4,11-13,16,25H,5-10H2. The summed E-state index contributed by atoms with van der Waals surface area (Å²) in [5.41, 5.74) is 2.66. The topological polar surface area (TPSA) is 37.3 Å². The van der Waals surface area contributed by atoms with Crippen LogP contribution in [0.5, 0.6) is 0 Å². The Morgan fingerprint density at radius 3 is 2.46 bits per heavy atom. The van der Waals surface area contributed by atoms with Crippen LogP contribution < -0.4 is 15.6 Å². The van der Waals surface area contributed by atoms with Gasteiger partial charge in [0.15, 0.2) is 5.43 Å². The summed E-state index contributed by atoms with van der Waals surface area (Å²) in [5.74, 6) is -0.331. The first kappa shape index (κ1) is 17.7. The molecule has 1 aliphatic carbocycles. The number of benzene rings is 2. The van der Waals surface area contributed by atoms with Crippen molar-refractivity contribution in [1.29, 1.82) is 0 Å². The monoisotopic (exact) mass is 397 g/mol. The van der Waals surface area contributed by atoms with Crippen molar-refractivity contribution in [1.82, 2.24) is 9.88 Å². The number of aromatic nitrogens is 1. The molecule has 3 aromatic rings. The van der Waals surface area contributed by atoms with E-state index in [2.05, 4.69) is 14.8 Å². The van der Waals surface area contributed by atoms with E-state index in [1.165, 1.54) is 6.07 Å². The van der Waals surface area contributed by atoms with Crippen molar-refractivity contribution in [2.75, 3.05) is 31.1 Å². The highest BCUT2D eigenvalue weighted by atomic mass is 35.5. The minimum absolute atomic E-state index is 0.139. The molecule has 1 aromatic heterocycles. The maximum atomic E-state index is 15.0. The summed E-state index contributed by atoms with van der Waals surface area (Å²) in [6, 6.07) is 10.9. The zero-order valence-corrected chi connectivity index (χ0v) is 16.2. The summed E-state index contributed by atoms with van der Waals surface area (Å²) in [6.45, 7) is 3.20. The molecule has 4 nitrogen and oxygen atoms in total. The lowest BCUT2D eigenvalue weighted by atomic mass is 10.0. The fourth-order valence-electron chi connectivity index (χ4n) is 4.00. The summed E-state index contributed by atoms with van der Waals surface area (Å²) in [4.78, 5) is 15.3. The minimum atomic E-state index is -0.331. The lowest BCUT2D eigenvalue weighted by Gasteiger charge is -2.30. The summed E-state index contributed by atoms with van der Waals surface area (Å²) in [6.07, 6.45) is 4.10. The van der Waals surface area contributed by atoms with Crippen molar-refractivity contribution in [2.45, 2.75) is 18.9 Å². The third-order valence-corrected chi connectivity index (χ3v) is 5.91. The highest BCUT2D eigenvalue weighted by molar-refractivity contribution is 6.30. The predicted octanol–water partition coefficient (Wildman–Crippen LogP) is 4.21. The first-order valence-electron chi connectivity index (χ1n) is 9.72. The number of nitrogens with one attached hydrogen (secondary N) is 1. The van der Waals surface area contributed by atoms with Crippen LogP contribution in [-0.2, 0) is 0 Å². The number of piperazine rings is 1. The maximum absolute atomic E-state index is 15.0. The van der Waals surface area contributed by atoms with Crippen LogP contribution >= 0.6 is 11.6 Å². The summed E-state index contributed by atoms with van der Waals surface area (Å²) < 4.78 is 17.2. The normalized spacial score (nSPS) is 17.3. The molecule has 0 unspecified atom stereocenters. The van der Waals surface area contributed by atoms with Crippen LogP contribution in [0.15, 0.2) is 47.4 Å². The van der Waals surface area contributed by atoms with Crippen LogP contribution in [0.25, 0.3) is 22.0 Å². The zero-order valence-electron chi connectivity index (χ0n) is 15.4. The van der Waals surface area contributed by atoms with Crippen molar-refractivity contribution < 1.29 is 4.39 Å². The Hall–Kier alpha value is -2.37. The molecule has 28 heavy (non-hydrogen) atoms. The van der Waals surface area contributed by atoms with Crippen LogP contribution in [0.3, 0.4) is 0 Å². The van der Waals surface area contributed by atoms with Crippen molar-refractivity contribution in [3.05, 3.63) is 63.7 Å². The third kappa shape index (κ3) is 3.09. The molecule has 2 heterocycles. The van der Waals surface area contributed by atoms with E-state index in [1.807, 2.05) is 24.4 Å². The summed E-state index contributed by atoms with van der Waals surface area (Å²) in [7, 11) is 0. The number of hydrogen-bond donors (Lipinski definition) is 1. The van der Waals surface area contributed by atoms with Gasteiger partial charge in [0.25, 0.3) is 0 Å². The molecule has 1 aliphatic heterocycles. The molecule has 0 amide bonds. The predicted molar refractivity (Wildman–Crippen MR) is 112 cm³/mol. The summed E-state index contributed by atoms with van der Waals surface area (Å²) in [5, 5.41) is 4.36. The van der Waals surface area contributed by atoms with Crippen LogP contribution in [0.2, 0.25) is 5.02 Å². The van der Waals surface area contributed by atoms with E-state index in [-0.39, 0.29) is 11.2 Å². The Bertz CT molecular complexity index is 1100. The van der Waals surface area contributed by atoms with E-state index in [4.69, 9.17) is 11.6 Å². The van der Waals surface area contributed by atoms with E-state index in [1.54, 1.807) is 12.1 Å². The average molecular weight is 398 g/mol. The quantitative estimate of drug-likeness (QED) is 0.719. The molecule has 1 saturated heterocycles. The number of pyridine rings is 1. The molecule has 144 valence electrons. The maximum Gasteiger partial charge on any atom is 0.197 e. The Balaban J connectivity index is 1.72. The second kappa shape index (κ2) is 6.90. The highest BCUT2D eigenvalue weighted by Gasteiger charge is 2.27. The van der Waals surface area contributed by atoms with Gasteiger partial charge in [-0.05, 0) is 42.7 Å². The van der Waals surface area contributed by atoms with Gasteiger partial charge in [0.2, 0.25) is 0 Å². The number of halogens is 2. The van der Waals surface area contributed by atoms with Gasteiger partial charge in [-0.15, -0.1) is 0 Å². The van der Waals surface area contributed by atoms with E-state index in [0.717, 1.165) is 50.1 Å². The Morgan fingerprint density at radius 2 is 1.79 bits per heavy atom. The van der Waals surface area contributed by atoms with Gasteiger partial charge in [0.1, 0.15) is 5.82 Å². The fraction of sp³-hybridized carbons (Fsp3) is 0.318. The van der Waals surface area contributed by atoms with Gasteiger partial charge in [-0.2, -0.15) is 0 Å². The molecule has 1 saturated carbocycles. The lowest BCUT2D eigenvalue weighted by molar-refractivity contribution is 0.567. The molecular formula is C22H21ClFN3O. The molecule has 0 radical (unpaired) electrons. The molecule has 0 bridgehead atoms. The lowest BCUT2D eigenvalue weighted by Crippen LogP contribution is -2.43. The largest absolute Gasteiger partial charge is 0.367 e. The van der Waals surface area contributed by atoms with Crippen LogP contribution in [0.4, 0.5) is 10.1 Å². The third-order valence-electron chi connectivity index (χ3n) is 5.65. The van der Waals surface area contributed by atoms with Gasteiger partial charge in [-0.3, -0.25) is 4.79 Å². The second-order valence-electron chi connectivity index (χ2n) is 7.58. The molecule has 0 spiro atoms. The summed E-state index contributed by atoms with van der Waals surface area (Å²) >= 11 is 6.00. The number of rotatable bonds is 3. The van der Waals surface area contributed by atoms with Gasteiger partial charge in [0.05, 0.1) is 11.2 Å². The van der Waals surface area contributed by atoms with Crippen LogP contribution in [0.1, 0.15) is 18.9 Å². The molecular weight excluding hydrogens is 377 g/mol. The number of anilines is 1. The zero-order chi connectivity index (χ0) is 19.3. The smallest absolute Gasteiger partial charge is 0.197 e. The second-order valence-corrected chi connectivity index (χ2v) is 8.01. The molecule has 2 aromatic carbocycles. The Labute approximate surface area is 167 Å². The fourth-order valence-corrected chi connectivity index (χ4v) is 4.12. The Kier molecular flexibility index (Phi) is 4.37. The van der Waals surface area contributed by atoms with Crippen molar-refractivity contribution in [2.24, 2.45) is 0 Å². The van der Waals surface area contributed by atoms with Crippen molar-refractivity contribution in [3.63, 3.8) is 0 Å². The van der Waals surface area contributed by atoms with E-state index in [0.29, 0.717) is 27.7 Å². The molecule has 1 N–H and O–H groups in total. The molecule has 2 fully saturated rings. The van der Waals surface area contributed by atoms with Gasteiger partial charge in [-0.1, -0.05) is 23.7 Å². The first-order valence-corrected chi connectivity index (χ1v) is 10.1. The van der Waals surface area contributed by atoms with Gasteiger partial charge >= 0.3 is 0 Å². The number of fused-ring (bicyclic) bond motifs is 1. The SMILES string of the molecule is O=c1c(-c2ccc(Cl)cc2)cn(C2CC2)c2cc(N3CCNCC3)c(F)cc12. The first-order chi connectivity index (χ1) is 13.6. The molecule has 6 heteroatoms. The van der Waals surface area contributed by atoms with Crippen LogP contribution in [-0.4, -0.2) is 30.7 Å². The minimum Gasteiger partial charge on any atom is -0.367 e. The average Bonchev–Trinajstić information content (AvgIpc) is 3.55. The van der Waals surface area contributed by atoms with Crippen molar-refractivity contribution >= 4 is 28.2 Å². The number of nitrogens with zero attached hydrogens (tertiary/aromatic N) is 2. The molecule has 5 rings (SSSR count). The van der Waals surface area contributed by atoms with E-state index in [9.17, 15) is 9.18 Å². The number of hydrogen-bond acceptors (Lipinski definition) is 3. The van der Waals surface area contributed by atoms with Gasteiger partial charge in [-0.25, -0.2) is 4.39 Å².